The summed E-state index contributed by atoms with van der Waals surface area (Å²) in [5.41, 5.74) is 3.06. The highest BCUT2D eigenvalue weighted by Crippen LogP contribution is 2.22. The third kappa shape index (κ3) is 7.20. The number of para-hydroxylation sites is 1. The van der Waals surface area contributed by atoms with Crippen LogP contribution < -0.4 is 5.32 Å². The van der Waals surface area contributed by atoms with Crippen molar-refractivity contribution in [2.45, 2.75) is 59.6 Å². The molecule has 3 rings (SSSR count). The Morgan fingerprint density at radius 3 is 2.47 bits per heavy atom. The van der Waals surface area contributed by atoms with E-state index < -0.39 is 5.60 Å². The molecule has 7 nitrogen and oxygen atoms in total. The molecule has 1 heterocycles. The summed E-state index contributed by atoms with van der Waals surface area (Å²) in [6.07, 6.45) is 1.91. The van der Waals surface area contributed by atoms with Crippen LogP contribution >= 0.6 is 0 Å². The fraction of sp³-hybridized carbons (Fsp3) is 0.370. The Balaban J connectivity index is 1.59. The van der Waals surface area contributed by atoms with Crippen LogP contribution in [0, 0.1) is 6.92 Å². The number of hydrogen-bond donors (Lipinski definition) is 1. The number of aromatic nitrogens is 1. The van der Waals surface area contributed by atoms with Crippen LogP contribution in [-0.4, -0.2) is 34.0 Å². The first-order chi connectivity index (χ1) is 16.1. The Hall–Kier alpha value is -3.61. The second-order valence-corrected chi connectivity index (χ2v) is 9.18. The fourth-order valence-electron chi connectivity index (χ4n) is 3.33. The number of amides is 2. The molecule has 0 saturated heterocycles. The Labute approximate surface area is 201 Å². The number of benzene rings is 2. The van der Waals surface area contributed by atoms with E-state index in [9.17, 15) is 9.59 Å². The first-order valence-electron chi connectivity index (χ1n) is 11.5. The van der Waals surface area contributed by atoms with Crippen molar-refractivity contribution in [1.82, 2.24) is 9.88 Å². The molecule has 0 fully saturated rings. The molecule has 0 spiro atoms. The molecule has 0 bridgehead atoms. The van der Waals surface area contributed by atoms with Crippen molar-refractivity contribution in [3.05, 3.63) is 71.7 Å². The summed E-state index contributed by atoms with van der Waals surface area (Å²) in [5.74, 6) is 1.05. The van der Waals surface area contributed by atoms with E-state index in [1.165, 1.54) is 5.56 Å². The van der Waals surface area contributed by atoms with Crippen LogP contribution in [0.4, 0.5) is 10.5 Å². The predicted octanol–water partition coefficient (Wildman–Crippen LogP) is 5.98. The molecule has 1 aromatic heterocycles. The van der Waals surface area contributed by atoms with Gasteiger partial charge in [-0.3, -0.25) is 4.79 Å². The zero-order chi connectivity index (χ0) is 24.7. The van der Waals surface area contributed by atoms with E-state index in [1.807, 2.05) is 83.1 Å². The average molecular weight is 464 g/mol. The zero-order valence-corrected chi connectivity index (χ0v) is 20.6. The van der Waals surface area contributed by atoms with Crippen molar-refractivity contribution in [1.29, 1.82) is 0 Å². The van der Waals surface area contributed by atoms with E-state index in [0.29, 0.717) is 36.8 Å². The molecular formula is C27H33N3O4. The maximum absolute atomic E-state index is 12.6. The van der Waals surface area contributed by atoms with Gasteiger partial charge in [-0.2, -0.15) is 0 Å². The fourth-order valence-corrected chi connectivity index (χ4v) is 3.33. The van der Waals surface area contributed by atoms with Gasteiger partial charge in [-0.15, -0.1) is 0 Å². The minimum absolute atomic E-state index is 0.150. The molecular weight excluding hydrogens is 430 g/mol. The highest BCUT2D eigenvalue weighted by molar-refractivity contribution is 5.91. The molecule has 2 aromatic carbocycles. The van der Waals surface area contributed by atoms with Gasteiger partial charge < -0.3 is 19.4 Å². The van der Waals surface area contributed by atoms with Crippen LogP contribution in [-0.2, 0) is 22.5 Å². The van der Waals surface area contributed by atoms with Crippen LogP contribution in [0.3, 0.4) is 0 Å². The number of nitrogens with zero attached hydrogens (tertiary/aromatic N) is 2. The lowest BCUT2D eigenvalue weighted by Crippen LogP contribution is -2.36. The van der Waals surface area contributed by atoms with E-state index >= 15 is 0 Å². The van der Waals surface area contributed by atoms with Crippen molar-refractivity contribution in [3.8, 4) is 11.3 Å². The van der Waals surface area contributed by atoms with Gasteiger partial charge in [0.15, 0.2) is 11.7 Å². The number of anilines is 1. The van der Waals surface area contributed by atoms with Crippen LogP contribution in [0.15, 0.2) is 59.1 Å². The summed E-state index contributed by atoms with van der Waals surface area (Å²) in [5, 5.41) is 2.95. The largest absolute Gasteiger partial charge is 0.444 e. The van der Waals surface area contributed by atoms with Crippen molar-refractivity contribution < 1.29 is 18.7 Å². The van der Waals surface area contributed by atoms with Crippen molar-refractivity contribution in [3.63, 3.8) is 0 Å². The van der Waals surface area contributed by atoms with Gasteiger partial charge in [-0.25, -0.2) is 9.78 Å². The number of hydrogen-bond acceptors (Lipinski definition) is 5. The number of carbonyl (C=O) groups is 2. The lowest BCUT2D eigenvalue weighted by molar-refractivity contribution is -0.116. The molecule has 7 heteroatoms. The molecule has 0 aliphatic rings. The summed E-state index contributed by atoms with van der Waals surface area (Å²) in [6, 6.07) is 15.5. The van der Waals surface area contributed by atoms with E-state index in [4.69, 9.17) is 9.15 Å². The number of aryl methyl sites for hydroxylation is 2. The summed E-state index contributed by atoms with van der Waals surface area (Å²) >= 11 is 0. The Kier molecular flexibility index (Phi) is 8.10. The van der Waals surface area contributed by atoms with Crippen molar-refractivity contribution >= 4 is 17.7 Å². The molecule has 0 saturated carbocycles. The molecule has 0 radical (unpaired) electrons. The summed E-state index contributed by atoms with van der Waals surface area (Å²) in [4.78, 5) is 31.1. The standard InChI is InChI=1S/C27H33N3O4/c1-6-30(26(32)34-27(3,4)5)18-21-9-7-8-10-22(21)29-24(31)15-16-25-28-17-23(33-25)20-13-11-19(2)12-14-20/h7-14,17H,6,15-16,18H2,1-5H3,(H,29,31). The lowest BCUT2D eigenvalue weighted by Gasteiger charge is -2.27. The molecule has 34 heavy (non-hydrogen) atoms. The summed E-state index contributed by atoms with van der Waals surface area (Å²) in [6.45, 7) is 10.3. The molecule has 0 aliphatic carbocycles. The third-order valence-electron chi connectivity index (χ3n) is 5.14. The monoisotopic (exact) mass is 463 g/mol. The second kappa shape index (κ2) is 11.0. The van der Waals surface area contributed by atoms with Gasteiger partial charge in [0.05, 0.1) is 12.7 Å². The van der Waals surface area contributed by atoms with E-state index in [-0.39, 0.29) is 18.4 Å². The number of carbonyl (C=O) groups excluding carboxylic acids is 2. The molecule has 0 aliphatic heterocycles. The molecule has 0 atom stereocenters. The van der Waals surface area contributed by atoms with Gasteiger partial charge >= 0.3 is 6.09 Å². The van der Waals surface area contributed by atoms with E-state index in [2.05, 4.69) is 10.3 Å². The number of ether oxygens (including phenoxy) is 1. The molecule has 2 amide bonds. The third-order valence-corrected chi connectivity index (χ3v) is 5.14. The highest BCUT2D eigenvalue weighted by atomic mass is 16.6. The van der Waals surface area contributed by atoms with Gasteiger partial charge in [-0.1, -0.05) is 48.0 Å². The van der Waals surface area contributed by atoms with Crippen LogP contribution in [0.25, 0.3) is 11.3 Å². The van der Waals surface area contributed by atoms with Gasteiger partial charge in [0, 0.05) is 30.6 Å². The van der Waals surface area contributed by atoms with Crippen molar-refractivity contribution in [2.24, 2.45) is 0 Å². The quantitative estimate of drug-likeness (QED) is 0.444. The first-order valence-corrected chi connectivity index (χ1v) is 11.5. The maximum atomic E-state index is 12.6. The summed E-state index contributed by atoms with van der Waals surface area (Å²) < 4.78 is 11.3. The first kappa shape index (κ1) is 25.0. The molecule has 3 aromatic rings. The van der Waals surface area contributed by atoms with E-state index in [1.54, 1.807) is 11.1 Å². The smallest absolute Gasteiger partial charge is 0.410 e. The normalized spacial score (nSPS) is 11.2. The second-order valence-electron chi connectivity index (χ2n) is 9.18. The zero-order valence-electron chi connectivity index (χ0n) is 20.6. The van der Waals surface area contributed by atoms with Crippen LogP contribution in [0.5, 0.6) is 0 Å². The van der Waals surface area contributed by atoms with Crippen molar-refractivity contribution in [2.75, 3.05) is 11.9 Å². The Morgan fingerprint density at radius 1 is 1.09 bits per heavy atom. The topological polar surface area (TPSA) is 84.7 Å². The number of oxazole rings is 1. The molecule has 180 valence electrons. The molecule has 0 unspecified atom stereocenters. The average Bonchev–Trinajstić information content (AvgIpc) is 3.25. The van der Waals surface area contributed by atoms with Gasteiger partial charge in [0.1, 0.15) is 5.60 Å². The minimum atomic E-state index is -0.572. The Bertz CT molecular complexity index is 1110. The van der Waals surface area contributed by atoms with Gasteiger partial charge in [0.25, 0.3) is 0 Å². The van der Waals surface area contributed by atoms with Crippen LogP contribution in [0.1, 0.15) is 51.1 Å². The maximum Gasteiger partial charge on any atom is 0.410 e. The Morgan fingerprint density at radius 2 is 1.79 bits per heavy atom. The summed E-state index contributed by atoms with van der Waals surface area (Å²) in [7, 11) is 0. The predicted molar refractivity (Wildman–Crippen MR) is 132 cm³/mol. The lowest BCUT2D eigenvalue weighted by atomic mass is 10.1. The highest BCUT2D eigenvalue weighted by Gasteiger charge is 2.22. The van der Waals surface area contributed by atoms with Gasteiger partial charge in [0.2, 0.25) is 5.91 Å². The van der Waals surface area contributed by atoms with Crippen LogP contribution in [0.2, 0.25) is 0 Å². The SMILES string of the molecule is CCN(Cc1ccccc1NC(=O)CCc1ncc(-c2ccc(C)cc2)o1)C(=O)OC(C)(C)C. The van der Waals surface area contributed by atoms with E-state index in [0.717, 1.165) is 11.1 Å². The number of rotatable bonds is 8. The van der Waals surface area contributed by atoms with Gasteiger partial charge in [-0.05, 0) is 46.2 Å². The molecule has 1 N–H and O–H groups in total. The number of nitrogens with one attached hydrogen (secondary N) is 1. The minimum Gasteiger partial charge on any atom is -0.444 e.